The van der Waals surface area contributed by atoms with Gasteiger partial charge in [0.2, 0.25) is 0 Å². The molecule has 0 bridgehead atoms. The van der Waals surface area contributed by atoms with E-state index in [1.165, 1.54) is 13.3 Å². The van der Waals surface area contributed by atoms with E-state index in [1.54, 1.807) is 42.7 Å². The van der Waals surface area contributed by atoms with Gasteiger partial charge in [-0.05, 0) is 30.7 Å². The summed E-state index contributed by atoms with van der Waals surface area (Å²) in [4.78, 5) is 46.5. The predicted molar refractivity (Wildman–Crippen MR) is 130 cm³/mol. The molecule has 2 N–H and O–H groups in total. The molecule has 5 aromatic rings. The summed E-state index contributed by atoms with van der Waals surface area (Å²) in [5.41, 5.74) is 9.44. The molecule has 0 aliphatic rings. The van der Waals surface area contributed by atoms with Crippen molar-refractivity contribution in [3.8, 4) is 0 Å². The van der Waals surface area contributed by atoms with E-state index in [0.717, 1.165) is 27.0 Å². The number of methoxy groups -OCH3 is 1. The smallest absolute Gasteiger partial charge is 0.338 e. The first-order valence-electron chi connectivity index (χ1n) is 10.8. The maximum Gasteiger partial charge on any atom is 0.338 e. The van der Waals surface area contributed by atoms with Crippen LogP contribution in [0.15, 0.2) is 67.1 Å². The fraction of sp³-hybridized carbons (Fsp3) is 0.115. The van der Waals surface area contributed by atoms with E-state index in [-0.39, 0.29) is 16.9 Å². The number of hydrogen-bond donors (Lipinski definition) is 1. The number of fused-ring (bicyclic) bond motifs is 2. The lowest BCUT2D eigenvalue weighted by molar-refractivity contribution is 0.0603. The Balaban J connectivity index is 1.52. The maximum atomic E-state index is 13.5. The van der Waals surface area contributed by atoms with Crippen molar-refractivity contribution < 1.29 is 19.1 Å². The molecule has 3 heterocycles. The van der Waals surface area contributed by atoms with Gasteiger partial charge in [0.1, 0.15) is 11.3 Å². The number of imidazole rings is 1. The van der Waals surface area contributed by atoms with Crippen LogP contribution in [0.1, 0.15) is 37.7 Å². The lowest BCUT2D eigenvalue weighted by Crippen LogP contribution is -2.18. The number of ketones is 1. The van der Waals surface area contributed by atoms with Crippen LogP contribution in [-0.2, 0) is 11.3 Å². The summed E-state index contributed by atoms with van der Waals surface area (Å²) < 4.78 is 8.11. The molecule has 9 heteroatoms. The predicted octanol–water partition coefficient (Wildman–Crippen LogP) is 3.69. The molecule has 0 spiro atoms. The highest BCUT2D eigenvalue weighted by Gasteiger charge is 2.23. The maximum absolute atomic E-state index is 13.5. The molecule has 0 saturated carbocycles. The molecule has 0 radical (unpaired) electrons. The lowest BCUT2D eigenvalue weighted by Gasteiger charge is -2.08. The zero-order chi connectivity index (χ0) is 24.7. The number of primary amides is 1. The minimum atomic E-state index is -0.760. The summed E-state index contributed by atoms with van der Waals surface area (Å²) >= 11 is 0. The molecular weight excluding hydrogens is 446 g/mol. The minimum Gasteiger partial charge on any atom is -0.465 e. The summed E-state index contributed by atoms with van der Waals surface area (Å²) in [7, 11) is 1.26. The van der Waals surface area contributed by atoms with E-state index in [9.17, 15) is 14.4 Å². The molecule has 0 aliphatic heterocycles. The van der Waals surface area contributed by atoms with Crippen molar-refractivity contribution >= 4 is 39.7 Å². The van der Waals surface area contributed by atoms with Gasteiger partial charge in [-0.25, -0.2) is 14.6 Å². The van der Waals surface area contributed by atoms with E-state index in [0.29, 0.717) is 23.0 Å². The molecule has 5 rings (SSSR count). The monoisotopic (exact) mass is 467 g/mol. The van der Waals surface area contributed by atoms with E-state index in [1.807, 2.05) is 25.1 Å². The van der Waals surface area contributed by atoms with E-state index >= 15 is 0 Å². The van der Waals surface area contributed by atoms with Crippen molar-refractivity contribution in [2.75, 3.05) is 7.11 Å². The van der Waals surface area contributed by atoms with Crippen LogP contribution in [-0.4, -0.2) is 44.0 Å². The molecule has 1 amide bonds. The summed E-state index contributed by atoms with van der Waals surface area (Å²) in [6.07, 6.45) is 4.82. The number of pyridine rings is 1. The Morgan fingerprint density at radius 1 is 1.00 bits per heavy atom. The second-order valence-electron chi connectivity index (χ2n) is 8.08. The molecule has 0 atom stereocenters. The van der Waals surface area contributed by atoms with Gasteiger partial charge in [-0.15, -0.1) is 0 Å². The van der Waals surface area contributed by atoms with Crippen molar-refractivity contribution in [1.29, 1.82) is 0 Å². The van der Waals surface area contributed by atoms with Gasteiger partial charge in [-0.1, -0.05) is 30.3 Å². The van der Waals surface area contributed by atoms with Gasteiger partial charge >= 0.3 is 12.0 Å². The van der Waals surface area contributed by atoms with Gasteiger partial charge in [0.15, 0.2) is 5.78 Å². The first-order valence-corrected chi connectivity index (χ1v) is 10.8. The quantitative estimate of drug-likeness (QED) is 0.311. The van der Waals surface area contributed by atoms with E-state index in [2.05, 4.69) is 14.5 Å². The Morgan fingerprint density at radius 2 is 1.77 bits per heavy atom. The molecule has 0 saturated heterocycles. The van der Waals surface area contributed by atoms with E-state index < -0.39 is 12.0 Å². The highest BCUT2D eigenvalue weighted by Crippen LogP contribution is 2.28. The normalized spacial score (nSPS) is 11.1. The van der Waals surface area contributed by atoms with Crippen LogP contribution in [0.2, 0.25) is 0 Å². The average molecular weight is 467 g/mol. The van der Waals surface area contributed by atoms with Crippen LogP contribution < -0.4 is 5.73 Å². The van der Waals surface area contributed by atoms with Crippen molar-refractivity contribution in [2.45, 2.75) is 13.5 Å². The molecule has 35 heavy (non-hydrogen) atoms. The van der Waals surface area contributed by atoms with Gasteiger partial charge < -0.3 is 15.0 Å². The molecule has 2 aromatic carbocycles. The number of esters is 1. The van der Waals surface area contributed by atoms with Gasteiger partial charge in [0, 0.05) is 35.5 Å². The summed E-state index contributed by atoms with van der Waals surface area (Å²) in [5.74, 6) is -0.0867. The van der Waals surface area contributed by atoms with Gasteiger partial charge in [-0.3, -0.25) is 14.3 Å². The highest BCUT2D eigenvalue weighted by atomic mass is 16.5. The third-order valence-electron chi connectivity index (χ3n) is 6.02. The number of ether oxygens (including phenoxy) is 1. The fourth-order valence-corrected chi connectivity index (χ4v) is 4.32. The van der Waals surface area contributed by atoms with Crippen LogP contribution in [0.4, 0.5) is 4.79 Å². The van der Waals surface area contributed by atoms with Crippen LogP contribution >= 0.6 is 0 Å². The third kappa shape index (κ3) is 3.72. The zero-order valence-electron chi connectivity index (χ0n) is 19.1. The van der Waals surface area contributed by atoms with Crippen LogP contribution in [0.5, 0.6) is 0 Å². The number of aryl methyl sites for hydroxylation is 1. The fourth-order valence-electron chi connectivity index (χ4n) is 4.32. The van der Waals surface area contributed by atoms with Crippen molar-refractivity contribution in [2.24, 2.45) is 5.73 Å². The molecule has 9 nitrogen and oxygen atoms in total. The number of amides is 1. The van der Waals surface area contributed by atoms with E-state index in [4.69, 9.17) is 10.5 Å². The molecule has 3 aromatic heterocycles. The second kappa shape index (κ2) is 8.53. The number of carbonyl (C=O) groups excluding carboxylic acids is 3. The SMILES string of the molecule is COC(=O)c1cccc2c1c(C(=O)c1ccc(Cn3c(C)nc4cnccc43)cc1)cn2C(N)=O. The summed E-state index contributed by atoms with van der Waals surface area (Å²) in [6.45, 7) is 2.51. The summed E-state index contributed by atoms with van der Waals surface area (Å²) in [6, 6.07) is 13.1. The number of aromatic nitrogens is 4. The minimum absolute atomic E-state index is 0.182. The lowest BCUT2D eigenvalue weighted by atomic mass is 9.98. The molecule has 0 fully saturated rings. The molecule has 0 aliphatic carbocycles. The Morgan fingerprint density at radius 3 is 2.49 bits per heavy atom. The molecule has 0 unspecified atom stereocenters. The average Bonchev–Trinajstić information content (AvgIpc) is 3.41. The Bertz CT molecular complexity index is 1630. The number of benzene rings is 2. The Labute approximate surface area is 199 Å². The standard InChI is InChI=1S/C26H21N5O4/c1-15-29-20-12-28-11-10-21(20)30(15)13-16-6-8-17(9-7-16)24(32)19-14-31(26(27)34)22-5-3-4-18(23(19)22)25(33)35-2/h3-12,14H,13H2,1-2H3,(H2,27,34). The topological polar surface area (TPSA) is 122 Å². The number of carbonyl (C=O) groups is 3. The number of hydrogen-bond acceptors (Lipinski definition) is 6. The van der Waals surface area contributed by atoms with Crippen LogP contribution in [0.25, 0.3) is 21.9 Å². The summed E-state index contributed by atoms with van der Waals surface area (Å²) in [5, 5.41) is 0.321. The van der Waals surface area contributed by atoms with Gasteiger partial charge in [0.25, 0.3) is 0 Å². The Kier molecular flexibility index (Phi) is 5.37. The molecule has 174 valence electrons. The van der Waals surface area contributed by atoms with Crippen molar-refractivity contribution in [3.05, 3.63) is 95.2 Å². The van der Waals surface area contributed by atoms with Crippen LogP contribution in [0.3, 0.4) is 0 Å². The first-order chi connectivity index (χ1) is 16.9. The van der Waals surface area contributed by atoms with Gasteiger partial charge in [-0.2, -0.15) is 0 Å². The molecular formula is C26H21N5O4. The van der Waals surface area contributed by atoms with Crippen molar-refractivity contribution in [1.82, 2.24) is 19.1 Å². The largest absolute Gasteiger partial charge is 0.465 e. The first kappa shape index (κ1) is 22.0. The van der Waals surface area contributed by atoms with Gasteiger partial charge in [0.05, 0.1) is 29.9 Å². The highest BCUT2D eigenvalue weighted by molar-refractivity contribution is 6.21. The zero-order valence-corrected chi connectivity index (χ0v) is 19.1. The number of rotatable bonds is 5. The van der Waals surface area contributed by atoms with Crippen molar-refractivity contribution in [3.63, 3.8) is 0 Å². The third-order valence-corrected chi connectivity index (χ3v) is 6.02. The van der Waals surface area contributed by atoms with Crippen LogP contribution in [0, 0.1) is 6.92 Å². The Hall–Kier alpha value is -4.79. The second-order valence-corrected chi connectivity index (χ2v) is 8.08. The number of nitrogens with zero attached hydrogens (tertiary/aromatic N) is 4. The number of nitrogens with two attached hydrogens (primary N) is 1.